The summed E-state index contributed by atoms with van der Waals surface area (Å²) in [6.07, 6.45) is 0.113. The Kier molecular flexibility index (Phi) is 3.46. The first-order valence-electron chi connectivity index (χ1n) is 5.70. The largest absolute Gasteiger partial charge is 0.496 e. The molecule has 1 fully saturated rings. The Hall–Kier alpha value is -1.06. The van der Waals surface area contributed by atoms with Crippen LogP contribution < -0.4 is 10.1 Å². The minimum absolute atomic E-state index is 0.113. The third-order valence-electron chi connectivity index (χ3n) is 2.93. The lowest BCUT2D eigenvalue weighted by Crippen LogP contribution is -2.33. The van der Waals surface area contributed by atoms with Crippen LogP contribution in [-0.2, 0) is 4.74 Å². The summed E-state index contributed by atoms with van der Waals surface area (Å²) in [5.41, 5.74) is 3.58. The zero-order valence-corrected chi connectivity index (χ0v) is 10.2. The second-order valence-electron chi connectivity index (χ2n) is 4.27. The summed E-state index contributed by atoms with van der Waals surface area (Å²) in [4.78, 5) is 0. The highest BCUT2D eigenvalue weighted by Gasteiger charge is 2.20. The number of ether oxygens (including phenoxy) is 2. The van der Waals surface area contributed by atoms with Crippen LogP contribution in [0.2, 0.25) is 0 Å². The summed E-state index contributed by atoms with van der Waals surface area (Å²) in [5.74, 6) is 0.958. The molecule has 0 aliphatic carbocycles. The Bertz CT molecular complexity index is 370. The first-order valence-corrected chi connectivity index (χ1v) is 5.70. The van der Waals surface area contributed by atoms with Gasteiger partial charge in [-0.2, -0.15) is 0 Å². The zero-order chi connectivity index (χ0) is 11.5. The van der Waals surface area contributed by atoms with Crippen LogP contribution in [-0.4, -0.2) is 26.8 Å². The predicted octanol–water partition coefficient (Wildman–Crippen LogP) is 1.97. The second-order valence-corrected chi connectivity index (χ2v) is 4.27. The van der Waals surface area contributed by atoms with Crippen LogP contribution in [0.5, 0.6) is 5.75 Å². The summed E-state index contributed by atoms with van der Waals surface area (Å²) in [6.45, 7) is 6.74. The maximum Gasteiger partial charge on any atom is 0.127 e. The molecule has 16 heavy (non-hydrogen) atoms. The SMILES string of the molecule is COc1c(C)cc(C)cc1C1CNCCO1. The fourth-order valence-electron chi connectivity index (χ4n) is 2.27. The van der Waals surface area contributed by atoms with Gasteiger partial charge in [0.25, 0.3) is 0 Å². The van der Waals surface area contributed by atoms with E-state index in [1.54, 1.807) is 7.11 Å². The summed E-state index contributed by atoms with van der Waals surface area (Å²) in [5, 5.41) is 3.34. The van der Waals surface area contributed by atoms with Gasteiger partial charge >= 0.3 is 0 Å². The molecule has 0 aromatic heterocycles. The van der Waals surface area contributed by atoms with Crippen molar-refractivity contribution in [1.29, 1.82) is 0 Å². The molecule has 1 N–H and O–H groups in total. The number of hydrogen-bond donors (Lipinski definition) is 1. The molecule has 0 radical (unpaired) electrons. The highest BCUT2D eigenvalue weighted by atomic mass is 16.5. The topological polar surface area (TPSA) is 30.5 Å². The Morgan fingerprint density at radius 2 is 2.19 bits per heavy atom. The van der Waals surface area contributed by atoms with Crippen LogP contribution >= 0.6 is 0 Å². The minimum atomic E-state index is 0.113. The van der Waals surface area contributed by atoms with Gasteiger partial charge in [-0.15, -0.1) is 0 Å². The number of rotatable bonds is 2. The van der Waals surface area contributed by atoms with Crippen molar-refractivity contribution < 1.29 is 9.47 Å². The first kappa shape index (κ1) is 11.4. The Labute approximate surface area is 96.8 Å². The van der Waals surface area contributed by atoms with Crippen molar-refractivity contribution in [1.82, 2.24) is 5.32 Å². The fourth-order valence-corrected chi connectivity index (χ4v) is 2.27. The predicted molar refractivity (Wildman–Crippen MR) is 64.0 cm³/mol. The molecule has 0 spiro atoms. The van der Waals surface area contributed by atoms with Gasteiger partial charge in [0.15, 0.2) is 0 Å². The Morgan fingerprint density at radius 1 is 1.38 bits per heavy atom. The van der Waals surface area contributed by atoms with Crippen molar-refractivity contribution in [2.75, 3.05) is 26.8 Å². The second kappa shape index (κ2) is 4.85. The van der Waals surface area contributed by atoms with Crippen molar-refractivity contribution in [3.63, 3.8) is 0 Å². The molecule has 1 heterocycles. The highest BCUT2D eigenvalue weighted by molar-refractivity contribution is 5.45. The molecule has 1 aliphatic heterocycles. The van der Waals surface area contributed by atoms with E-state index in [1.807, 2.05) is 0 Å². The number of hydrogen-bond acceptors (Lipinski definition) is 3. The molecule has 0 bridgehead atoms. The van der Waals surface area contributed by atoms with E-state index in [2.05, 4.69) is 31.3 Å². The van der Waals surface area contributed by atoms with Crippen LogP contribution in [0.4, 0.5) is 0 Å². The molecule has 1 unspecified atom stereocenters. The van der Waals surface area contributed by atoms with E-state index >= 15 is 0 Å². The highest BCUT2D eigenvalue weighted by Crippen LogP contribution is 2.32. The van der Waals surface area contributed by atoms with Gasteiger partial charge in [-0.25, -0.2) is 0 Å². The molecule has 1 aromatic rings. The molecular formula is C13H19NO2. The number of aryl methyl sites for hydroxylation is 2. The van der Waals surface area contributed by atoms with Crippen molar-refractivity contribution in [3.8, 4) is 5.75 Å². The minimum Gasteiger partial charge on any atom is -0.496 e. The lowest BCUT2D eigenvalue weighted by molar-refractivity contribution is 0.0262. The summed E-state index contributed by atoms with van der Waals surface area (Å²) >= 11 is 0. The molecule has 0 amide bonds. The third-order valence-corrected chi connectivity index (χ3v) is 2.93. The van der Waals surface area contributed by atoms with E-state index in [4.69, 9.17) is 9.47 Å². The van der Waals surface area contributed by atoms with E-state index in [0.717, 1.165) is 31.0 Å². The third kappa shape index (κ3) is 2.20. The quantitative estimate of drug-likeness (QED) is 0.828. The van der Waals surface area contributed by atoms with E-state index in [9.17, 15) is 0 Å². The number of benzene rings is 1. The molecule has 1 atom stereocenters. The maximum atomic E-state index is 5.77. The maximum absolute atomic E-state index is 5.77. The molecule has 3 heteroatoms. The van der Waals surface area contributed by atoms with Gasteiger partial charge in [-0.1, -0.05) is 11.6 Å². The molecular weight excluding hydrogens is 202 g/mol. The van der Waals surface area contributed by atoms with Crippen LogP contribution in [0.15, 0.2) is 12.1 Å². The van der Waals surface area contributed by atoms with Crippen molar-refractivity contribution in [3.05, 3.63) is 28.8 Å². The van der Waals surface area contributed by atoms with Crippen molar-refractivity contribution >= 4 is 0 Å². The van der Waals surface area contributed by atoms with Gasteiger partial charge in [-0.3, -0.25) is 0 Å². The molecule has 1 aliphatic rings. The van der Waals surface area contributed by atoms with Crippen LogP contribution in [0, 0.1) is 13.8 Å². The number of morpholine rings is 1. The van der Waals surface area contributed by atoms with Gasteiger partial charge in [-0.05, 0) is 25.5 Å². The summed E-state index contributed by atoms with van der Waals surface area (Å²) < 4.78 is 11.3. The Balaban J connectivity index is 2.36. The van der Waals surface area contributed by atoms with Crippen LogP contribution in [0.25, 0.3) is 0 Å². The molecule has 1 saturated heterocycles. The molecule has 3 nitrogen and oxygen atoms in total. The average Bonchev–Trinajstić information content (AvgIpc) is 2.29. The summed E-state index contributed by atoms with van der Waals surface area (Å²) in [6, 6.07) is 4.29. The molecule has 0 saturated carbocycles. The van der Waals surface area contributed by atoms with Crippen LogP contribution in [0.1, 0.15) is 22.8 Å². The lowest BCUT2D eigenvalue weighted by atomic mass is 10.0. The fraction of sp³-hybridized carbons (Fsp3) is 0.538. The zero-order valence-electron chi connectivity index (χ0n) is 10.2. The van der Waals surface area contributed by atoms with Gasteiger partial charge in [0.2, 0.25) is 0 Å². The van der Waals surface area contributed by atoms with E-state index in [0.29, 0.717) is 0 Å². The normalized spacial score (nSPS) is 20.8. The lowest BCUT2D eigenvalue weighted by Gasteiger charge is -2.26. The van der Waals surface area contributed by atoms with Crippen LogP contribution in [0.3, 0.4) is 0 Å². The smallest absolute Gasteiger partial charge is 0.127 e. The van der Waals surface area contributed by atoms with E-state index in [-0.39, 0.29) is 6.10 Å². The average molecular weight is 221 g/mol. The standard InChI is InChI=1S/C13H19NO2/c1-9-6-10(2)13(15-3)11(7-9)12-8-14-4-5-16-12/h6-7,12,14H,4-5,8H2,1-3H3. The Morgan fingerprint density at radius 3 is 2.81 bits per heavy atom. The molecule has 1 aromatic carbocycles. The van der Waals surface area contributed by atoms with E-state index in [1.165, 1.54) is 11.1 Å². The number of methoxy groups -OCH3 is 1. The van der Waals surface area contributed by atoms with Crippen molar-refractivity contribution in [2.45, 2.75) is 20.0 Å². The van der Waals surface area contributed by atoms with E-state index < -0.39 is 0 Å². The number of nitrogens with one attached hydrogen (secondary N) is 1. The first-order chi connectivity index (χ1) is 7.72. The monoisotopic (exact) mass is 221 g/mol. The molecule has 2 rings (SSSR count). The van der Waals surface area contributed by atoms with Gasteiger partial charge in [0.05, 0.1) is 19.8 Å². The summed E-state index contributed by atoms with van der Waals surface area (Å²) in [7, 11) is 1.72. The van der Waals surface area contributed by atoms with Gasteiger partial charge < -0.3 is 14.8 Å². The van der Waals surface area contributed by atoms with Gasteiger partial charge in [0.1, 0.15) is 5.75 Å². The van der Waals surface area contributed by atoms with Crippen molar-refractivity contribution in [2.24, 2.45) is 0 Å². The van der Waals surface area contributed by atoms with Gasteiger partial charge in [0, 0.05) is 18.7 Å². The molecule has 88 valence electrons.